The van der Waals surface area contributed by atoms with Gasteiger partial charge in [-0.1, -0.05) is 70.7 Å². The van der Waals surface area contributed by atoms with E-state index in [9.17, 15) is 10.2 Å². The molecule has 4 aliphatic heterocycles. The van der Waals surface area contributed by atoms with Crippen LogP contribution < -0.4 is 4.74 Å². The summed E-state index contributed by atoms with van der Waals surface area (Å²) in [6.07, 6.45) is 11.8. The number of fused-ring (bicyclic) bond motifs is 16. The van der Waals surface area contributed by atoms with Crippen LogP contribution in [0, 0.1) is 69.0 Å². The van der Waals surface area contributed by atoms with Gasteiger partial charge in [0.05, 0.1) is 48.3 Å². The van der Waals surface area contributed by atoms with Gasteiger partial charge in [-0.3, -0.25) is 0 Å². The molecule has 10 fully saturated rings. The average Bonchev–Trinajstić information content (AvgIpc) is 1.85. The van der Waals surface area contributed by atoms with Crippen LogP contribution >= 0.6 is 0 Å². The van der Waals surface area contributed by atoms with Crippen LogP contribution in [0.15, 0.2) is 72.1 Å². The molecule has 83 heavy (non-hydrogen) atoms. The number of aliphatic hydroxyl groups is 2. The predicted molar refractivity (Wildman–Crippen MR) is 300 cm³/mol. The van der Waals surface area contributed by atoms with Crippen LogP contribution in [0.4, 0.5) is 8.78 Å². The van der Waals surface area contributed by atoms with Crippen LogP contribution in [0.25, 0.3) is 23.5 Å². The first-order chi connectivity index (χ1) is 39.8. The molecule has 18 atom stereocenters. The third kappa shape index (κ3) is 6.69. The minimum Gasteiger partial charge on any atom is -0.497 e. The number of rotatable bonds is 3. The van der Waals surface area contributed by atoms with E-state index >= 15 is 8.78 Å². The van der Waals surface area contributed by atoms with Crippen LogP contribution in [0.3, 0.4) is 0 Å². The zero-order valence-electron chi connectivity index (χ0n) is 49.0. The first-order valence-electron chi connectivity index (χ1n) is 30.2. The van der Waals surface area contributed by atoms with Crippen molar-refractivity contribution in [1.29, 1.82) is 0 Å². The number of benzene rings is 2. The molecule has 2 aromatic heterocycles. The first-order valence-corrected chi connectivity index (χ1v) is 30.2. The van der Waals surface area contributed by atoms with Gasteiger partial charge in [-0.15, -0.1) is 5.92 Å². The van der Waals surface area contributed by atoms with Crippen molar-refractivity contribution in [2.24, 2.45) is 57.2 Å². The summed E-state index contributed by atoms with van der Waals surface area (Å²) in [4.78, 5) is 0. The number of halogens is 2. The minimum atomic E-state index is -1.79. The number of nitrogens with zero attached hydrogens (tertiary/aromatic N) is 4. The number of alkyl halides is 2. The Bertz CT molecular complexity index is 3420. The van der Waals surface area contributed by atoms with Crippen molar-refractivity contribution in [1.82, 2.24) is 19.6 Å². The van der Waals surface area contributed by atoms with Gasteiger partial charge in [-0.25, -0.2) is 18.1 Å². The van der Waals surface area contributed by atoms with E-state index in [2.05, 4.69) is 51.7 Å². The third-order valence-corrected chi connectivity index (χ3v) is 24.5. The van der Waals surface area contributed by atoms with Gasteiger partial charge in [0, 0.05) is 51.3 Å². The highest BCUT2D eigenvalue weighted by Crippen LogP contribution is 2.77. The monoisotopic (exact) mass is 1140 g/mol. The summed E-state index contributed by atoms with van der Waals surface area (Å²) in [5.41, 5.74) is 0.786. The predicted octanol–water partition coefficient (Wildman–Crippen LogP) is 9.99. The Labute approximate surface area is 484 Å². The van der Waals surface area contributed by atoms with E-state index in [0.29, 0.717) is 25.7 Å². The highest BCUT2D eigenvalue weighted by molar-refractivity contribution is 5.64. The van der Waals surface area contributed by atoms with E-state index in [0.717, 1.165) is 82.0 Å². The zero-order chi connectivity index (χ0) is 57.5. The van der Waals surface area contributed by atoms with Crippen molar-refractivity contribution < 1.29 is 61.6 Å². The second-order valence-electron chi connectivity index (χ2n) is 27.5. The molecule has 12 aliphatic rings. The summed E-state index contributed by atoms with van der Waals surface area (Å²) in [5, 5.41) is 33.7. The van der Waals surface area contributed by atoms with Crippen LogP contribution in [-0.2, 0) is 50.7 Å². The zero-order valence-corrected chi connectivity index (χ0v) is 49.0. The Hall–Kier alpha value is -4.84. The summed E-state index contributed by atoms with van der Waals surface area (Å²) in [5.74, 6) is 4.28. The molecule has 2 unspecified atom stereocenters. The number of aliphatic hydroxyl groups excluding tert-OH is 2. The Balaban J connectivity index is 0.000000142. The van der Waals surface area contributed by atoms with Gasteiger partial charge in [0.2, 0.25) is 11.6 Å². The SMILES string of the molecule is CC#Cc1cccc(-n2ncc3c2C=C2CC[C@H]4[C@@H]5C[C@@H](C)[C@@]6(OCOC67COCO7)[C@@]5(C)C[C@H](O)[C@]4(F)[C@@]2(C)C3)c1.COc1cccc(-n2cc3c(n2)C=C2CC[C@H]4[C@@H]5C[C@@H](C)[C@@]6(OCOC67COCO7)[C@@]5(C)C[C@H](O)[C@]4(F)[C@@]2(C)C3)c1. The molecule has 2 aromatic carbocycles. The average molecular weight is 1140 g/mol. The van der Waals surface area contributed by atoms with E-state index in [1.54, 1.807) is 7.11 Å². The molecule has 4 aromatic rings. The number of aromatic nitrogens is 4. The number of allylic oxidation sites excluding steroid dienone is 2. The summed E-state index contributed by atoms with van der Waals surface area (Å²) in [6, 6.07) is 15.8. The third-order valence-electron chi connectivity index (χ3n) is 24.5. The topological polar surface area (TPSA) is 159 Å². The molecule has 6 heterocycles. The fourth-order valence-electron chi connectivity index (χ4n) is 21.1. The highest BCUT2D eigenvalue weighted by atomic mass is 19.1. The molecule has 0 radical (unpaired) electrons. The summed E-state index contributed by atoms with van der Waals surface area (Å²) < 4.78 is 94.6. The molecular weight excluding hydrogens is 1060 g/mol. The van der Waals surface area contributed by atoms with E-state index in [4.69, 9.17) is 52.8 Å². The smallest absolute Gasteiger partial charge is 0.227 e. The van der Waals surface area contributed by atoms with E-state index in [-0.39, 0.29) is 88.7 Å². The van der Waals surface area contributed by atoms with Gasteiger partial charge < -0.3 is 52.8 Å². The maximum atomic E-state index is 18.2. The van der Waals surface area contributed by atoms with Gasteiger partial charge in [0.15, 0.2) is 27.2 Å². The Morgan fingerprint density at radius 1 is 0.675 bits per heavy atom. The lowest BCUT2D eigenvalue weighted by Crippen LogP contribution is -2.72. The lowest BCUT2D eigenvalue weighted by molar-refractivity contribution is -0.279. The van der Waals surface area contributed by atoms with Gasteiger partial charge in [-0.05, 0) is 148 Å². The summed E-state index contributed by atoms with van der Waals surface area (Å²) in [7, 11) is 1.65. The molecule has 4 saturated heterocycles. The molecule has 442 valence electrons. The number of methoxy groups -OCH3 is 1. The maximum Gasteiger partial charge on any atom is 0.227 e. The minimum absolute atomic E-state index is 0.00736. The summed E-state index contributed by atoms with van der Waals surface area (Å²) >= 11 is 0. The molecule has 17 heteroatoms. The van der Waals surface area contributed by atoms with Crippen LogP contribution in [0.2, 0.25) is 0 Å². The van der Waals surface area contributed by atoms with Gasteiger partial charge in [-0.2, -0.15) is 10.2 Å². The molecule has 16 rings (SSSR count). The molecular formula is C66H78F2N4O11. The van der Waals surface area contributed by atoms with E-state index in [1.807, 2.05) is 91.1 Å². The molecule has 8 aliphatic carbocycles. The lowest BCUT2D eigenvalue weighted by Gasteiger charge is -2.64. The van der Waals surface area contributed by atoms with E-state index < -0.39 is 68.0 Å². The normalized spacial score (nSPS) is 45.7. The molecule has 0 bridgehead atoms. The number of hydrogen-bond acceptors (Lipinski definition) is 13. The van der Waals surface area contributed by atoms with Crippen molar-refractivity contribution in [3.05, 3.63) is 100 Å². The van der Waals surface area contributed by atoms with Crippen molar-refractivity contribution in [2.45, 2.75) is 159 Å². The first kappa shape index (κ1) is 54.8. The van der Waals surface area contributed by atoms with Gasteiger partial charge in [0.25, 0.3) is 0 Å². The second kappa shape index (κ2) is 18.4. The number of ether oxygens (including phenoxy) is 9. The molecule has 15 nitrogen and oxygen atoms in total. The molecule has 0 amide bonds. The molecule has 4 spiro atoms. The molecule has 2 N–H and O–H groups in total. The second-order valence-corrected chi connectivity index (χ2v) is 27.5. The largest absolute Gasteiger partial charge is 0.497 e. The van der Waals surface area contributed by atoms with Crippen molar-refractivity contribution >= 4 is 12.2 Å². The Morgan fingerprint density at radius 2 is 1.23 bits per heavy atom. The van der Waals surface area contributed by atoms with Crippen LogP contribution in [0.1, 0.15) is 128 Å². The van der Waals surface area contributed by atoms with Gasteiger partial charge >= 0.3 is 0 Å². The van der Waals surface area contributed by atoms with Crippen molar-refractivity contribution in [2.75, 3.05) is 47.5 Å². The van der Waals surface area contributed by atoms with Crippen molar-refractivity contribution in [3.8, 4) is 29.0 Å². The van der Waals surface area contributed by atoms with Crippen LogP contribution in [0.5, 0.6) is 5.75 Å². The highest BCUT2D eigenvalue weighted by Gasteiger charge is 2.84. The lowest BCUT2D eigenvalue weighted by atomic mass is 9.43. The summed E-state index contributed by atoms with van der Waals surface area (Å²) in [6.45, 7) is 15.7. The Morgan fingerprint density at radius 3 is 1.80 bits per heavy atom. The van der Waals surface area contributed by atoms with Gasteiger partial charge in [0.1, 0.15) is 41.5 Å². The molecule has 6 saturated carbocycles. The van der Waals surface area contributed by atoms with Crippen molar-refractivity contribution in [3.63, 3.8) is 0 Å². The maximum absolute atomic E-state index is 18.2. The van der Waals surface area contributed by atoms with E-state index in [1.165, 1.54) is 0 Å². The Kier molecular flexibility index (Phi) is 12.1. The van der Waals surface area contributed by atoms with Crippen LogP contribution in [-0.4, -0.2) is 124 Å². The quantitative estimate of drug-likeness (QED) is 0.187. The number of hydrogen-bond donors (Lipinski definition) is 2. The fraction of sp³-hybridized carbons (Fsp3) is 0.636. The fourth-order valence-corrected chi connectivity index (χ4v) is 21.1. The standard InChI is InChI=1S/C34H39FN2O5.C32H39FN2O6/c1-5-7-22-8-6-9-25(13-22)37-28-14-24-10-11-26-27-12-21(2)34(32(41-20-42-34)18-39-19-40-32)31(27,4)16-29(38)33(26,35)30(24,3)15-23(28)17-36-37;1-19-10-25-24-9-8-21-11-26-20(15-35(34-26)22-6-5-7-23(12-22)37-4)13-28(21,2)31(24,33)27(36)14-29(25,3)32(19)30(40-18-41-32)16-38-17-39-30/h6,8-9,13-14,17,21,26-27,29,38H,10-12,15-16,18-20H2,1-4H3;5-7,11-12,15,19,24-25,27,36H,8-10,13-14,16-18H2,1-4H3/t21-,26+,27+,29+,30+,31+,32?,33+,34-;19-,24+,25+,27+,28+,29+,30?,31+,32-/m11/s1.